The van der Waals surface area contributed by atoms with Crippen LogP contribution in [0.15, 0.2) is 36.7 Å². The van der Waals surface area contributed by atoms with Gasteiger partial charge in [-0.3, -0.25) is 0 Å². The number of hydrogen-bond donors (Lipinski definition) is 2. The Kier molecular flexibility index (Phi) is 6.33. The summed E-state index contributed by atoms with van der Waals surface area (Å²) in [6.07, 6.45) is 3.21. The Balaban J connectivity index is 0.000000181. The highest BCUT2D eigenvalue weighted by Gasteiger charge is 2.16. The molecule has 0 saturated heterocycles. The van der Waals surface area contributed by atoms with E-state index in [2.05, 4.69) is 30.5 Å². The molecular formula is C20H20N8O4. The van der Waals surface area contributed by atoms with Gasteiger partial charge in [-0.05, 0) is 52.0 Å². The van der Waals surface area contributed by atoms with Crippen molar-refractivity contribution < 1.29 is 19.8 Å². The van der Waals surface area contributed by atoms with Gasteiger partial charge in [0.25, 0.3) is 0 Å². The molecule has 4 rings (SSSR count). The van der Waals surface area contributed by atoms with Crippen molar-refractivity contribution in [2.24, 2.45) is 0 Å². The zero-order chi connectivity index (χ0) is 23.4. The van der Waals surface area contributed by atoms with Gasteiger partial charge in [0.1, 0.15) is 5.69 Å². The minimum absolute atomic E-state index is 0.0232. The van der Waals surface area contributed by atoms with Crippen LogP contribution in [0.2, 0.25) is 0 Å². The zero-order valence-corrected chi connectivity index (χ0v) is 17.8. The first-order chi connectivity index (χ1) is 15.2. The van der Waals surface area contributed by atoms with Crippen LogP contribution in [0.4, 0.5) is 0 Å². The summed E-state index contributed by atoms with van der Waals surface area (Å²) in [6.45, 7) is 7.04. The smallest absolute Gasteiger partial charge is 0.356 e. The maximum Gasteiger partial charge on any atom is 0.356 e. The molecule has 32 heavy (non-hydrogen) atoms. The molecule has 0 aromatic carbocycles. The number of aromatic nitrogens is 8. The summed E-state index contributed by atoms with van der Waals surface area (Å²) < 4.78 is 1.41. The van der Waals surface area contributed by atoms with E-state index in [1.807, 2.05) is 0 Å². The van der Waals surface area contributed by atoms with Gasteiger partial charge < -0.3 is 10.2 Å². The Bertz CT molecular complexity index is 1190. The standard InChI is InChI=1S/2C10H10N4O2/c1-6-3-4-8(9(11-6)10(15)16)14-5-7(2)12-13-14;1-6-3-4-8(9(12-6)10(15)16)14-11-5-7(2)13-14/h2*3-5H,1-2H3,(H,15,16). The first-order valence-electron chi connectivity index (χ1n) is 9.36. The third kappa shape index (κ3) is 4.98. The van der Waals surface area contributed by atoms with Crippen molar-refractivity contribution in [1.29, 1.82) is 0 Å². The molecule has 0 bridgehead atoms. The lowest BCUT2D eigenvalue weighted by Crippen LogP contribution is -2.11. The number of nitrogens with zero attached hydrogens (tertiary/aromatic N) is 8. The lowest BCUT2D eigenvalue weighted by Gasteiger charge is -2.04. The highest BCUT2D eigenvalue weighted by atomic mass is 16.4. The van der Waals surface area contributed by atoms with Gasteiger partial charge in [0, 0.05) is 11.4 Å². The van der Waals surface area contributed by atoms with Gasteiger partial charge in [-0.1, -0.05) is 5.21 Å². The van der Waals surface area contributed by atoms with Gasteiger partial charge in [-0.2, -0.15) is 10.2 Å². The van der Waals surface area contributed by atoms with Gasteiger partial charge >= 0.3 is 11.9 Å². The third-order valence-corrected chi connectivity index (χ3v) is 4.11. The zero-order valence-electron chi connectivity index (χ0n) is 17.8. The maximum atomic E-state index is 11.0. The fourth-order valence-corrected chi connectivity index (χ4v) is 2.68. The summed E-state index contributed by atoms with van der Waals surface area (Å²) in [7, 11) is 0. The Hall–Kier alpha value is -4.48. The van der Waals surface area contributed by atoms with Crippen LogP contribution in [0.25, 0.3) is 11.4 Å². The third-order valence-electron chi connectivity index (χ3n) is 4.11. The lowest BCUT2D eigenvalue weighted by atomic mass is 10.2. The van der Waals surface area contributed by atoms with Crippen LogP contribution in [-0.4, -0.2) is 62.1 Å². The summed E-state index contributed by atoms with van der Waals surface area (Å²) in [5.74, 6) is -2.17. The lowest BCUT2D eigenvalue weighted by molar-refractivity contribution is 0.0679. The van der Waals surface area contributed by atoms with E-state index >= 15 is 0 Å². The summed E-state index contributed by atoms with van der Waals surface area (Å²) in [6, 6.07) is 6.77. The molecule has 0 fully saturated rings. The molecule has 0 aliphatic heterocycles. The Labute approximate surface area is 182 Å². The number of hydrogen-bond acceptors (Lipinski definition) is 8. The molecule has 0 unspecified atom stereocenters. The quantitative estimate of drug-likeness (QED) is 0.483. The van der Waals surface area contributed by atoms with Crippen molar-refractivity contribution in [3.63, 3.8) is 0 Å². The molecule has 4 heterocycles. The van der Waals surface area contributed by atoms with E-state index in [4.69, 9.17) is 10.2 Å². The molecule has 4 aromatic rings. The molecule has 0 amide bonds. The van der Waals surface area contributed by atoms with Gasteiger partial charge in [0.2, 0.25) is 0 Å². The molecule has 4 aromatic heterocycles. The molecular weight excluding hydrogens is 416 g/mol. The average molecular weight is 436 g/mol. The van der Waals surface area contributed by atoms with E-state index in [1.54, 1.807) is 64.4 Å². The van der Waals surface area contributed by atoms with E-state index in [-0.39, 0.29) is 11.4 Å². The summed E-state index contributed by atoms with van der Waals surface area (Å²) in [5.41, 5.74) is 3.45. The molecule has 12 heteroatoms. The van der Waals surface area contributed by atoms with Crippen LogP contribution >= 0.6 is 0 Å². The van der Waals surface area contributed by atoms with Crippen molar-refractivity contribution in [3.8, 4) is 11.4 Å². The van der Waals surface area contributed by atoms with Crippen LogP contribution in [0.3, 0.4) is 0 Å². The van der Waals surface area contributed by atoms with Crippen LogP contribution in [-0.2, 0) is 0 Å². The highest BCUT2D eigenvalue weighted by Crippen LogP contribution is 2.13. The van der Waals surface area contributed by atoms with E-state index < -0.39 is 11.9 Å². The number of pyridine rings is 2. The van der Waals surface area contributed by atoms with Gasteiger partial charge in [0.05, 0.1) is 29.5 Å². The number of rotatable bonds is 4. The van der Waals surface area contributed by atoms with Crippen LogP contribution in [0.5, 0.6) is 0 Å². The molecule has 0 saturated carbocycles. The summed E-state index contributed by atoms with van der Waals surface area (Å²) in [4.78, 5) is 31.2. The normalized spacial score (nSPS) is 10.4. The van der Waals surface area contributed by atoms with E-state index in [1.165, 1.54) is 9.48 Å². The maximum absolute atomic E-state index is 11.0. The van der Waals surface area contributed by atoms with Crippen molar-refractivity contribution in [2.45, 2.75) is 27.7 Å². The minimum Gasteiger partial charge on any atom is -0.476 e. The molecule has 0 atom stereocenters. The van der Waals surface area contributed by atoms with Crippen molar-refractivity contribution in [3.05, 3.63) is 70.8 Å². The van der Waals surface area contributed by atoms with Crippen molar-refractivity contribution in [1.82, 2.24) is 40.0 Å². The Morgan fingerprint density at radius 3 is 1.81 bits per heavy atom. The topological polar surface area (TPSA) is 162 Å². The van der Waals surface area contributed by atoms with Crippen LogP contribution in [0, 0.1) is 27.7 Å². The van der Waals surface area contributed by atoms with E-state index in [0.717, 1.165) is 11.4 Å². The molecule has 0 radical (unpaired) electrons. The second-order valence-electron chi connectivity index (χ2n) is 6.83. The van der Waals surface area contributed by atoms with Crippen LogP contribution < -0.4 is 0 Å². The van der Waals surface area contributed by atoms with Gasteiger partial charge in [-0.15, -0.1) is 9.90 Å². The second-order valence-corrected chi connectivity index (χ2v) is 6.83. The monoisotopic (exact) mass is 436 g/mol. The number of aryl methyl sites for hydroxylation is 4. The first kappa shape index (κ1) is 22.2. The van der Waals surface area contributed by atoms with Crippen molar-refractivity contribution in [2.75, 3.05) is 0 Å². The van der Waals surface area contributed by atoms with Gasteiger partial charge in [0.15, 0.2) is 11.4 Å². The molecule has 0 spiro atoms. The van der Waals surface area contributed by atoms with E-state index in [0.29, 0.717) is 22.8 Å². The fourth-order valence-electron chi connectivity index (χ4n) is 2.68. The molecule has 2 N–H and O–H groups in total. The molecule has 0 aliphatic carbocycles. The van der Waals surface area contributed by atoms with Gasteiger partial charge in [-0.25, -0.2) is 24.2 Å². The number of aromatic carboxylic acids is 2. The Morgan fingerprint density at radius 2 is 1.34 bits per heavy atom. The number of carboxylic acid groups (broad SMARTS) is 2. The highest BCUT2D eigenvalue weighted by molar-refractivity contribution is 5.90. The first-order valence-corrected chi connectivity index (χ1v) is 9.36. The summed E-state index contributed by atoms with van der Waals surface area (Å²) in [5, 5.41) is 33.7. The number of carbonyl (C=O) groups is 2. The average Bonchev–Trinajstić information content (AvgIpc) is 3.36. The van der Waals surface area contributed by atoms with E-state index in [9.17, 15) is 9.59 Å². The number of carboxylic acids is 2. The minimum atomic E-state index is -1.09. The SMILES string of the molecule is Cc1ccc(-n2ncc(C)n2)c(C(=O)O)n1.Cc1cn(-c2ccc(C)nc2C(=O)O)nn1. The summed E-state index contributed by atoms with van der Waals surface area (Å²) >= 11 is 0. The molecule has 12 nitrogen and oxygen atoms in total. The predicted molar refractivity (Wildman–Crippen MR) is 111 cm³/mol. The predicted octanol–water partition coefficient (Wildman–Crippen LogP) is 1.95. The molecule has 164 valence electrons. The van der Waals surface area contributed by atoms with Crippen molar-refractivity contribution >= 4 is 11.9 Å². The van der Waals surface area contributed by atoms with Crippen LogP contribution in [0.1, 0.15) is 43.8 Å². The molecule has 0 aliphatic rings. The Morgan fingerprint density at radius 1 is 0.781 bits per heavy atom. The fraction of sp³-hybridized carbons (Fsp3) is 0.200. The second kappa shape index (κ2) is 9.12. The largest absolute Gasteiger partial charge is 0.476 e.